The van der Waals surface area contributed by atoms with Crippen molar-refractivity contribution >= 4 is 5.91 Å². The van der Waals surface area contributed by atoms with E-state index in [2.05, 4.69) is 15.1 Å². The molecule has 2 aliphatic rings. The lowest BCUT2D eigenvalue weighted by atomic mass is 9.72. The first-order valence-electron chi connectivity index (χ1n) is 9.16. The maximum absolute atomic E-state index is 12.8. The van der Waals surface area contributed by atoms with Crippen LogP contribution >= 0.6 is 0 Å². The maximum atomic E-state index is 12.8. The fourth-order valence-electron chi connectivity index (χ4n) is 4.61. The molecule has 1 aliphatic heterocycles. The Morgan fingerprint density at radius 2 is 2.20 bits per heavy atom. The van der Waals surface area contributed by atoms with E-state index in [4.69, 9.17) is 0 Å². The molecule has 0 bridgehead atoms. The first kappa shape index (κ1) is 16.2. The summed E-state index contributed by atoms with van der Waals surface area (Å²) >= 11 is 0. The Morgan fingerprint density at radius 3 is 2.96 bits per heavy atom. The van der Waals surface area contributed by atoms with Crippen molar-refractivity contribution in [2.24, 2.45) is 24.8 Å². The lowest BCUT2D eigenvalue weighted by molar-refractivity contribution is 0.0781. The Kier molecular flexibility index (Phi) is 4.27. The predicted octanol–water partition coefficient (Wildman–Crippen LogP) is 2.25. The lowest BCUT2D eigenvalue weighted by Gasteiger charge is -2.32. The molecule has 0 aromatic carbocycles. The molecule has 0 spiro atoms. The SMILES string of the molecule is Cc1nccc(C[C@H]2CCC[C@@H]3CN(C(=O)c4cnn(C)c4)C[C@H]23)n1. The molecule has 1 saturated heterocycles. The molecule has 2 fully saturated rings. The molecule has 6 nitrogen and oxygen atoms in total. The molecule has 2 aromatic rings. The van der Waals surface area contributed by atoms with Gasteiger partial charge in [0.05, 0.1) is 11.8 Å². The highest BCUT2D eigenvalue weighted by Gasteiger charge is 2.42. The van der Waals surface area contributed by atoms with Gasteiger partial charge in [-0.3, -0.25) is 9.48 Å². The van der Waals surface area contributed by atoms with Crippen LogP contribution in [0, 0.1) is 24.7 Å². The third-order valence-corrected chi connectivity index (χ3v) is 5.79. The van der Waals surface area contributed by atoms with Crippen LogP contribution in [0.5, 0.6) is 0 Å². The van der Waals surface area contributed by atoms with Crippen LogP contribution in [0.4, 0.5) is 0 Å². The Balaban J connectivity index is 1.47. The van der Waals surface area contributed by atoms with Crippen molar-refractivity contribution < 1.29 is 4.79 Å². The van der Waals surface area contributed by atoms with E-state index in [0.717, 1.165) is 31.0 Å². The van der Waals surface area contributed by atoms with Crippen LogP contribution in [0.3, 0.4) is 0 Å². The summed E-state index contributed by atoms with van der Waals surface area (Å²) in [7, 11) is 1.85. The molecule has 1 saturated carbocycles. The summed E-state index contributed by atoms with van der Waals surface area (Å²) in [6.45, 7) is 3.70. The number of carbonyl (C=O) groups is 1. The summed E-state index contributed by atoms with van der Waals surface area (Å²) in [5, 5.41) is 4.13. The normalized spacial score (nSPS) is 25.8. The standard InChI is InChI=1S/C19H25N5O/c1-13-20-7-6-17(22-13)8-14-4-3-5-15-11-24(12-18(14)15)19(25)16-9-21-23(2)10-16/h6-7,9-10,14-15,18H,3-5,8,11-12H2,1-2H3/t14-,15-,18-/m1/s1. The van der Waals surface area contributed by atoms with Crippen LogP contribution in [-0.2, 0) is 13.5 Å². The minimum atomic E-state index is 0.124. The highest BCUT2D eigenvalue weighted by Crippen LogP contribution is 2.41. The Morgan fingerprint density at radius 1 is 1.32 bits per heavy atom. The highest BCUT2D eigenvalue weighted by atomic mass is 16.2. The average molecular weight is 339 g/mol. The van der Waals surface area contributed by atoms with Crippen LogP contribution in [0.2, 0.25) is 0 Å². The van der Waals surface area contributed by atoms with E-state index < -0.39 is 0 Å². The summed E-state index contributed by atoms with van der Waals surface area (Å²) in [6.07, 6.45) is 10.1. The van der Waals surface area contributed by atoms with Gasteiger partial charge in [0.1, 0.15) is 5.82 Å². The van der Waals surface area contributed by atoms with Gasteiger partial charge < -0.3 is 4.90 Å². The number of aromatic nitrogens is 4. The molecule has 2 aromatic heterocycles. The second-order valence-corrected chi connectivity index (χ2v) is 7.53. The van der Waals surface area contributed by atoms with Crippen LogP contribution < -0.4 is 0 Å². The van der Waals surface area contributed by atoms with Gasteiger partial charge in [0.25, 0.3) is 5.91 Å². The molecule has 6 heteroatoms. The molecule has 4 rings (SSSR count). The molecule has 132 valence electrons. The van der Waals surface area contributed by atoms with E-state index in [1.54, 1.807) is 10.9 Å². The largest absolute Gasteiger partial charge is 0.338 e. The molecule has 0 unspecified atom stereocenters. The van der Waals surface area contributed by atoms with E-state index in [1.807, 2.05) is 37.3 Å². The van der Waals surface area contributed by atoms with Gasteiger partial charge in [-0.2, -0.15) is 5.10 Å². The van der Waals surface area contributed by atoms with Gasteiger partial charge in [-0.05, 0) is 50.0 Å². The van der Waals surface area contributed by atoms with E-state index >= 15 is 0 Å². The number of amides is 1. The summed E-state index contributed by atoms with van der Waals surface area (Å²) < 4.78 is 1.69. The fourth-order valence-corrected chi connectivity index (χ4v) is 4.61. The molecule has 1 aliphatic carbocycles. The quantitative estimate of drug-likeness (QED) is 0.860. The van der Waals surface area contributed by atoms with Crippen molar-refractivity contribution in [2.45, 2.75) is 32.6 Å². The maximum Gasteiger partial charge on any atom is 0.257 e. The molecular weight excluding hydrogens is 314 g/mol. The van der Waals surface area contributed by atoms with Crippen molar-refractivity contribution in [3.8, 4) is 0 Å². The zero-order valence-corrected chi connectivity index (χ0v) is 14.9. The Hall–Kier alpha value is -2.24. The Bertz CT molecular complexity index is 771. The summed E-state index contributed by atoms with van der Waals surface area (Å²) in [5.74, 6) is 2.79. The van der Waals surface area contributed by atoms with Crippen LogP contribution in [0.15, 0.2) is 24.7 Å². The third-order valence-electron chi connectivity index (χ3n) is 5.79. The second kappa shape index (κ2) is 6.58. The lowest BCUT2D eigenvalue weighted by Crippen LogP contribution is -2.30. The number of nitrogens with zero attached hydrogens (tertiary/aromatic N) is 5. The zero-order chi connectivity index (χ0) is 17.4. The van der Waals surface area contributed by atoms with Crippen LogP contribution in [0.1, 0.15) is 41.1 Å². The number of hydrogen-bond donors (Lipinski definition) is 0. The first-order valence-corrected chi connectivity index (χ1v) is 9.16. The van der Waals surface area contributed by atoms with Gasteiger partial charge in [-0.1, -0.05) is 6.42 Å². The highest BCUT2D eigenvalue weighted by molar-refractivity contribution is 5.93. The molecule has 0 radical (unpaired) electrons. The van der Waals surface area contributed by atoms with E-state index in [9.17, 15) is 4.79 Å². The van der Waals surface area contributed by atoms with Gasteiger partial charge >= 0.3 is 0 Å². The van der Waals surface area contributed by atoms with Crippen LogP contribution in [0.25, 0.3) is 0 Å². The van der Waals surface area contributed by atoms with E-state index in [-0.39, 0.29) is 5.91 Å². The predicted molar refractivity (Wildman–Crippen MR) is 93.9 cm³/mol. The summed E-state index contributed by atoms with van der Waals surface area (Å²) in [6, 6.07) is 2.03. The van der Waals surface area contributed by atoms with Gasteiger partial charge in [0.2, 0.25) is 0 Å². The van der Waals surface area contributed by atoms with Crippen molar-refractivity contribution in [3.63, 3.8) is 0 Å². The third kappa shape index (κ3) is 3.30. The monoisotopic (exact) mass is 339 g/mol. The number of hydrogen-bond acceptors (Lipinski definition) is 4. The Labute approximate surface area is 148 Å². The van der Waals surface area contributed by atoms with Crippen molar-refractivity contribution in [3.05, 3.63) is 41.7 Å². The summed E-state index contributed by atoms with van der Waals surface area (Å²) in [5.41, 5.74) is 1.83. The van der Waals surface area contributed by atoms with Gasteiger partial charge in [0, 0.05) is 38.2 Å². The van der Waals surface area contributed by atoms with Gasteiger partial charge in [-0.15, -0.1) is 0 Å². The minimum absolute atomic E-state index is 0.124. The van der Waals surface area contributed by atoms with E-state index in [1.165, 1.54) is 19.3 Å². The molecule has 3 atom stereocenters. The zero-order valence-electron chi connectivity index (χ0n) is 14.9. The number of carbonyl (C=O) groups excluding carboxylic acids is 1. The van der Waals surface area contributed by atoms with Gasteiger partial charge in [0.15, 0.2) is 0 Å². The van der Waals surface area contributed by atoms with Crippen molar-refractivity contribution in [1.82, 2.24) is 24.6 Å². The fraction of sp³-hybridized carbons (Fsp3) is 0.579. The molecule has 1 amide bonds. The molecular formula is C19H25N5O. The molecule has 3 heterocycles. The van der Waals surface area contributed by atoms with Crippen LogP contribution in [-0.4, -0.2) is 43.6 Å². The number of rotatable bonds is 3. The smallest absolute Gasteiger partial charge is 0.257 e. The molecule has 25 heavy (non-hydrogen) atoms. The summed E-state index contributed by atoms with van der Waals surface area (Å²) in [4.78, 5) is 23.6. The van der Waals surface area contributed by atoms with Crippen molar-refractivity contribution in [2.75, 3.05) is 13.1 Å². The van der Waals surface area contributed by atoms with Gasteiger partial charge in [-0.25, -0.2) is 9.97 Å². The number of likely N-dealkylation sites (tertiary alicyclic amines) is 1. The number of aryl methyl sites for hydroxylation is 2. The number of fused-ring (bicyclic) bond motifs is 1. The van der Waals surface area contributed by atoms with Crippen molar-refractivity contribution in [1.29, 1.82) is 0 Å². The average Bonchev–Trinajstić information content (AvgIpc) is 3.21. The topological polar surface area (TPSA) is 63.9 Å². The molecule has 0 N–H and O–H groups in total. The minimum Gasteiger partial charge on any atom is -0.338 e. The first-order chi connectivity index (χ1) is 12.1. The second-order valence-electron chi connectivity index (χ2n) is 7.53. The van der Waals surface area contributed by atoms with E-state index in [0.29, 0.717) is 23.3 Å².